The summed E-state index contributed by atoms with van der Waals surface area (Å²) < 4.78 is 5.68. The van der Waals surface area contributed by atoms with E-state index in [2.05, 4.69) is 38.7 Å². The standard InChI is InChI=1S/C12H23NOSi/c1-5-6-7-8-9-10-12(11-13)14-15(2,3)4/h9-10,12H,5-8H2,1-4H3/b10-9+. The summed E-state index contributed by atoms with van der Waals surface area (Å²) in [5.74, 6) is 0. The Morgan fingerprint density at radius 3 is 2.47 bits per heavy atom. The summed E-state index contributed by atoms with van der Waals surface area (Å²) in [4.78, 5) is 0. The Labute approximate surface area is 95.1 Å². The molecule has 0 radical (unpaired) electrons. The van der Waals surface area contributed by atoms with E-state index in [4.69, 9.17) is 9.69 Å². The molecule has 15 heavy (non-hydrogen) atoms. The van der Waals surface area contributed by atoms with Crippen molar-refractivity contribution in [2.45, 2.75) is 58.4 Å². The van der Waals surface area contributed by atoms with Gasteiger partial charge in [-0.25, -0.2) is 0 Å². The van der Waals surface area contributed by atoms with E-state index >= 15 is 0 Å². The van der Waals surface area contributed by atoms with Crippen LogP contribution in [0.25, 0.3) is 0 Å². The highest BCUT2D eigenvalue weighted by atomic mass is 28.4. The maximum Gasteiger partial charge on any atom is 0.185 e. The normalized spacial score (nSPS) is 14.1. The summed E-state index contributed by atoms with van der Waals surface area (Å²) in [5.41, 5.74) is 0. The minimum Gasteiger partial charge on any atom is -0.399 e. The molecule has 0 saturated carbocycles. The van der Waals surface area contributed by atoms with Gasteiger partial charge in [0.25, 0.3) is 0 Å². The SMILES string of the molecule is CCCCC/C=C/C(C#N)O[Si](C)(C)C. The fourth-order valence-electron chi connectivity index (χ4n) is 1.22. The van der Waals surface area contributed by atoms with Gasteiger partial charge in [-0.05, 0) is 38.6 Å². The van der Waals surface area contributed by atoms with Crippen LogP contribution >= 0.6 is 0 Å². The highest BCUT2D eigenvalue weighted by Crippen LogP contribution is 2.08. The largest absolute Gasteiger partial charge is 0.399 e. The topological polar surface area (TPSA) is 33.0 Å². The third-order valence-electron chi connectivity index (χ3n) is 1.89. The van der Waals surface area contributed by atoms with E-state index in [0.717, 1.165) is 6.42 Å². The first-order valence-corrected chi connectivity index (χ1v) is 9.14. The van der Waals surface area contributed by atoms with Gasteiger partial charge in [0.2, 0.25) is 0 Å². The number of nitriles is 1. The van der Waals surface area contributed by atoms with E-state index in [1.54, 1.807) is 0 Å². The van der Waals surface area contributed by atoms with Gasteiger partial charge < -0.3 is 4.43 Å². The second-order valence-electron chi connectivity index (χ2n) is 4.70. The lowest BCUT2D eigenvalue weighted by atomic mass is 10.2. The maximum absolute atomic E-state index is 8.89. The lowest BCUT2D eigenvalue weighted by Crippen LogP contribution is -2.30. The second-order valence-corrected chi connectivity index (χ2v) is 9.16. The van der Waals surface area contributed by atoms with Crippen LogP contribution < -0.4 is 0 Å². The molecule has 0 N–H and O–H groups in total. The molecule has 0 aliphatic rings. The number of nitrogens with zero attached hydrogens (tertiary/aromatic N) is 1. The molecule has 0 aromatic rings. The van der Waals surface area contributed by atoms with Crippen molar-refractivity contribution in [2.24, 2.45) is 0 Å². The summed E-state index contributed by atoms with van der Waals surface area (Å²) in [6.45, 7) is 8.49. The maximum atomic E-state index is 8.89. The van der Waals surface area contributed by atoms with Crippen molar-refractivity contribution in [3.63, 3.8) is 0 Å². The molecule has 0 bridgehead atoms. The van der Waals surface area contributed by atoms with Gasteiger partial charge in [-0.1, -0.05) is 25.8 Å². The molecule has 1 unspecified atom stereocenters. The van der Waals surface area contributed by atoms with Gasteiger partial charge in [0.15, 0.2) is 14.4 Å². The minimum atomic E-state index is -1.59. The van der Waals surface area contributed by atoms with E-state index in [1.807, 2.05) is 6.08 Å². The van der Waals surface area contributed by atoms with Crippen molar-refractivity contribution in [1.82, 2.24) is 0 Å². The zero-order valence-corrected chi connectivity index (χ0v) is 11.4. The van der Waals surface area contributed by atoms with Crippen LogP contribution in [-0.4, -0.2) is 14.4 Å². The molecule has 86 valence electrons. The first-order chi connectivity index (χ1) is 6.99. The van der Waals surface area contributed by atoms with Gasteiger partial charge in [-0.15, -0.1) is 0 Å². The monoisotopic (exact) mass is 225 g/mol. The van der Waals surface area contributed by atoms with Crippen LogP contribution in [0.4, 0.5) is 0 Å². The van der Waals surface area contributed by atoms with Gasteiger partial charge in [-0.3, -0.25) is 0 Å². The fourth-order valence-corrected chi connectivity index (χ4v) is 2.11. The summed E-state index contributed by atoms with van der Waals surface area (Å²) in [6, 6.07) is 2.18. The Morgan fingerprint density at radius 2 is 2.00 bits per heavy atom. The Morgan fingerprint density at radius 1 is 1.33 bits per heavy atom. The number of hydrogen-bond acceptors (Lipinski definition) is 2. The third kappa shape index (κ3) is 9.71. The Hall–Kier alpha value is -0.593. The van der Waals surface area contributed by atoms with E-state index in [1.165, 1.54) is 19.3 Å². The summed E-state index contributed by atoms with van der Waals surface area (Å²) in [5, 5.41) is 8.89. The number of rotatable bonds is 7. The molecule has 0 aliphatic carbocycles. The average Bonchev–Trinajstić information content (AvgIpc) is 2.14. The van der Waals surface area contributed by atoms with Crippen molar-refractivity contribution in [3.8, 4) is 6.07 Å². The van der Waals surface area contributed by atoms with Crippen molar-refractivity contribution >= 4 is 8.32 Å². The van der Waals surface area contributed by atoms with Crippen molar-refractivity contribution < 1.29 is 4.43 Å². The van der Waals surface area contributed by atoms with Crippen molar-refractivity contribution in [1.29, 1.82) is 5.26 Å². The zero-order chi connectivity index (χ0) is 11.7. The minimum absolute atomic E-state index is 0.349. The van der Waals surface area contributed by atoms with Crippen LogP contribution in [0.2, 0.25) is 19.6 Å². The molecule has 0 fully saturated rings. The zero-order valence-electron chi connectivity index (χ0n) is 10.4. The van der Waals surface area contributed by atoms with E-state index in [9.17, 15) is 0 Å². The number of allylic oxidation sites excluding steroid dienone is 1. The highest BCUT2D eigenvalue weighted by molar-refractivity contribution is 6.69. The Kier molecular flexibility index (Phi) is 7.36. The first kappa shape index (κ1) is 14.4. The van der Waals surface area contributed by atoms with Crippen LogP contribution in [0.1, 0.15) is 32.6 Å². The number of hydrogen-bond donors (Lipinski definition) is 0. The van der Waals surface area contributed by atoms with E-state index < -0.39 is 8.32 Å². The van der Waals surface area contributed by atoms with E-state index in [0.29, 0.717) is 0 Å². The summed E-state index contributed by atoms with van der Waals surface area (Å²) >= 11 is 0. The smallest absolute Gasteiger partial charge is 0.185 e. The van der Waals surface area contributed by atoms with Crippen LogP contribution in [0.5, 0.6) is 0 Å². The van der Waals surface area contributed by atoms with Crippen LogP contribution in [0.3, 0.4) is 0 Å². The highest BCUT2D eigenvalue weighted by Gasteiger charge is 2.18. The predicted molar refractivity (Wildman–Crippen MR) is 67.1 cm³/mol. The van der Waals surface area contributed by atoms with Crippen molar-refractivity contribution in [2.75, 3.05) is 0 Å². The van der Waals surface area contributed by atoms with Crippen molar-refractivity contribution in [3.05, 3.63) is 12.2 Å². The molecule has 0 aromatic carbocycles. The lowest BCUT2D eigenvalue weighted by molar-refractivity contribution is 0.295. The van der Waals surface area contributed by atoms with Gasteiger partial charge in [0.1, 0.15) is 0 Å². The Bertz CT molecular complexity index is 225. The third-order valence-corrected chi connectivity index (χ3v) is 2.85. The summed E-state index contributed by atoms with van der Waals surface area (Å²) in [7, 11) is -1.59. The summed E-state index contributed by atoms with van der Waals surface area (Å²) in [6.07, 6.45) is 8.38. The molecule has 0 rings (SSSR count). The van der Waals surface area contributed by atoms with Gasteiger partial charge in [-0.2, -0.15) is 5.26 Å². The Balaban J connectivity index is 3.85. The predicted octanol–water partition coefficient (Wildman–Crippen LogP) is 3.87. The molecule has 0 heterocycles. The average molecular weight is 225 g/mol. The second kappa shape index (κ2) is 7.67. The molecule has 3 heteroatoms. The van der Waals surface area contributed by atoms with Gasteiger partial charge in [0, 0.05) is 0 Å². The first-order valence-electron chi connectivity index (χ1n) is 5.73. The molecule has 1 atom stereocenters. The van der Waals surface area contributed by atoms with Gasteiger partial charge >= 0.3 is 0 Å². The number of unbranched alkanes of at least 4 members (excludes halogenated alkanes) is 3. The molecule has 0 saturated heterocycles. The van der Waals surface area contributed by atoms with Crippen LogP contribution in [0.15, 0.2) is 12.2 Å². The molecule has 0 aliphatic heterocycles. The van der Waals surface area contributed by atoms with Gasteiger partial charge in [0.05, 0.1) is 6.07 Å². The quantitative estimate of drug-likeness (QED) is 0.374. The molecule has 2 nitrogen and oxygen atoms in total. The van der Waals surface area contributed by atoms with Crippen LogP contribution in [0, 0.1) is 11.3 Å². The molecular formula is C12H23NOSi. The lowest BCUT2D eigenvalue weighted by Gasteiger charge is -2.19. The molecule has 0 amide bonds. The fraction of sp³-hybridized carbons (Fsp3) is 0.750. The molecule has 0 aromatic heterocycles. The van der Waals surface area contributed by atoms with E-state index in [-0.39, 0.29) is 6.10 Å². The van der Waals surface area contributed by atoms with Crippen LogP contribution in [-0.2, 0) is 4.43 Å². The molecule has 0 spiro atoms. The molecular weight excluding hydrogens is 202 g/mol.